The van der Waals surface area contributed by atoms with Gasteiger partial charge in [0, 0.05) is 7.11 Å². The number of nitrogens with two attached hydrogens (primary N) is 1. The molecule has 0 saturated heterocycles. The number of hydrogen-bond donors (Lipinski definition) is 2. The smallest absolute Gasteiger partial charge is 0.266 e. The van der Waals surface area contributed by atoms with E-state index < -0.39 is 0 Å². The van der Waals surface area contributed by atoms with Crippen LogP contribution in [0.1, 0.15) is 5.69 Å². The molecule has 6 heteroatoms. The molecule has 0 aromatic carbocycles. The van der Waals surface area contributed by atoms with Gasteiger partial charge in [0.2, 0.25) is 5.95 Å². The van der Waals surface area contributed by atoms with E-state index in [4.69, 9.17) is 10.5 Å². The molecule has 0 aliphatic heterocycles. The molecule has 0 aliphatic carbocycles. The molecule has 3 N–H and O–H groups in total. The molecule has 5 nitrogen and oxygen atoms in total. The molecule has 1 aromatic heterocycles. The minimum absolute atomic E-state index is 0.118. The van der Waals surface area contributed by atoms with Crippen LogP contribution in [0.15, 0.2) is 4.79 Å². The normalized spacial score (nSPS) is 10.2. The van der Waals surface area contributed by atoms with E-state index in [-0.39, 0.29) is 11.5 Å². The van der Waals surface area contributed by atoms with E-state index >= 15 is 0 Å². The van der Waals surface area contributed by atoms with Crippen molar-refractivity contribution in [3.05, 3.63) is 19.6 Å². The van der Waals surface area contributed by atoms with E-state index in [1.54, 1.807) is 0 Å². The van der Waals surface area contributed by atoms with Gasteiger partial charge in [-0.25, -0.2) is 4.98 Å². The quantitative estimate of drug-likeness (QED) is 0.753. The van der Waals surface area contributed by atoms with Crippen molar-refractivity contribution in [2.75, 3.05) is 12.8 Å². The number of rotatable bonds is 2. The van der Waals surface area contributed by atoms with Gasteiger partial charge in [0.1, 0.15) is 3.57 Å². The molecule has 0 atom stereocenters. The second kappa shape index (κ2) is 3.85. The molecular weight excluding hydrogens is 273 g/mol. The molecule has 0 bridgehead atoms. The summed E-state index contributed by atoms with van der Waals surface area (Å²) in [6, 6.07) is 0. The van der Waals surface area contributed by atoms with Crippen LogP contribution in [-0.2, 0) is 11.3 Å². The Kier molecular flexibility index (Phi) is 3.04. The van der Waals surface area contributed by atoms with Crippen molar-refractivity contribution >= 4 is 28.5 Å². The van der Waals surface area contributed by atoms with Gasteiger partial charge in [-0.15, -0.1) is 0 Å². The van der Waals surface area contributed by atoms with Gasteiger partial charge in [-0.3, -0.25) is 9.78 Å². The maximum Gasteiger partial charge on any atom is 0.266 e. The van der Waals surface area contributed by atoms with E-state index in [1.807, 2.05) is 22.6 Å². The Morgan fingerprint density at radius 3 is 3.00 bits per heavy atom. The van der Waals surface area contributed by atoms with Crippen LogP contribution in [0.3, 0.4) is 0 Å². The number of nitrogens with one attached hydrogen (secondary N) is 1. The molecule has 0 aliphatic rings. The van der Waals surface area contributed by atoms with Crippen LogP contribution >= 0.6 is 22.6 Å². The molecule has 0 fully saturated rings. The van der Waals surface area contributed by atoms with Crippen molar-refractivity contribution < 1.29 is 4.74 Å². The fourth-order valence-corrected chi connectivity index (χ4v) is 1.17. The van der Waals surface area contributed by atoms with Gasteiger partial charge in [0.15, 0.2) is 0 Å². The summed E-state index contributed by atoms with van der Waals surface area (Å²) in [6.07, 6.45) is 0. The van der Waals surface area contributed by atoms with E-state index in [1.165, 1.54) is 7.11 Å². The minimum Gasteiger partial charge on any atom is -0.378 e. The third-order valence-corrected chi connectivity index (χ3v) is 2.34. The van der Waals surface area contributed by atoms with Crippen LogP contribution in [-0.4, -0.2) is 17.1 Å². The van der Waals surface area contributed by atoms with Crippen LogP contribution in [0.25, 0.3) is 0 Å². The topological polar surface area (TPSA) is 81.0 Å². The number of H-pyrrole nitrogens is 1. The predicted molar refractivity (Wildman–Crippen MR) is 52.7 cm³/mol. The van der Waals surface area contributed by atoms with Gasteiger partial charge >= 0.3 is 0 Å². The van der Waals surface area contributed by atoms with Gasteiger partial charge in [-0.05, 0) is 22.6 Å². The largest absolute Gasteiger partial charge is 0.378 e. The second-order valence-corrected chi connectivity index (χ2v) is 3.22. The third kappa shape index (κ3) is 1.95. The highest BCUT2D eigenvalue weighted by Gasteiger charge is 2.06. The van der Waals surface area contributed by atoms with Gasteiger partial charge in [0.05, 0.1) is 12.3 Å². The standard InChI is InChI=1S/C6H8IN3O2/c1-12-2-3-4(7)5(11)10-6(8)9-3/h2H2,1H3,(H3,8,9,10,11). The summed E-state index contributed by atoms with van der Waals surface area (Å²) in [7, 11) is 1.54. The zero-order valence-electron chi connectivity index (χ0n) is 6.43. The average Bonchev–Trinajstić information content (AvgIpc) is 2.00. The lowest BCUT2D eigenvalue weighted by molar-refractivity contribution is 0.180. The van der Waals surface area contributed by atoms with E-state index in [0.29, 0.717) is 15.9 Å². The summed E-state index contributed by atoms with van der Waals surface area (Å²) in [5.74, 6) is 0.118. The maximum atomic E-state index is 11.1. The van der Waals surface area contributed by atoms with Crippen LogP contribution in [0.4, 0.5) is 5.95 Å². The molecule has 0 amide bonds. The van der Waals surface area contributed by atoms with Crippen LogP contribution < -0.4 is 11.3 Å². The Morgan fingerprint density at radius 1 is 1.75 bits per heavy atom. The lowest BCUT2D eigenvalue weighted by atomic mass is 10.4. The SMILES string of the molecule is COCc1nc(N)[nH]c(=O)c1I. The first-order valence-electron chi connectivity index (χ1n) is 3.18. The lowest BCUT2D eigenvalue weighted by Crippen LogP contribution is -2.17. The number of hydrogen-bond acceptors (Lipinski definition) is 4. The fraction of sp³-hybridized carbons (Fsp3) is 0.333. The van der Waals surface area contributed by atoms with Crippen molar-refractivity contribution in [3.63, 3.8) is 0 Å². The fourth-order valence-electron chi connectivity index (χ4n) is 0.757. The number of anilines is 1. The summed E-state index contributed by atoms with van der Waals surface area (Å²) in [5, 5.41) is 0. The molecule has 1 heterocycles. The van der Waals surface area contributed by atoms with E-state index in [0.717, 1.165) is 0 Å². The van der Waals surface area contributed by atoms with Gasteiger partial charge in [0.25, 0.3) is 5.56 Å². The zero-order chi connectivity index (χ0) is 9.14. The number of nitrogen functional groups attached to an aromatic ring is 1. The Hall–Kier alpha value is -0.630. The third-order valence-electron chi connectivity index (χ3n) is 1.23. The van der Waals surface area contributed by atoms with Crippen LogP contribution in [0, 0.1) is 3.57 Å². The number of nitrogens with zero attached hydrogens (tertiary/aromatic N) is 1. The van der Waals surface area contributed by atoms with E-state index in [2.05, 4.69) is 9.97 Å². The lowest BCUT2D eigenvalue weighted by Gasteiger charge is -2.01. The summed E-state index contributed by atoms with van der Waals surface area (Å²) in [4.78, 5) is 17.4. The second-order valence-electron chi connectivity index (χ2n) is 2.14. The highest BCUT2D eigenvalue weighted by Crippen LogP contribution is 2.05. The molecule has 0 saturated carbocycles. The summed E-state index contributed by atoms with van der Waals surface area (Å²) >= 11 is 1.90. The molecule has 0 unspecified atom stereocenters. The number of aromatic amines is 1. The van der Waals surface area contributed by atoms with Crippen molar-refractivity contribution in [2.24, 2.45) is 0 Å². The first kappa shape index (κ1) is 9.46. The van der Waals surface area contributed by atoms with Crippen molar-refractivity contribution in [2.45, 2.75) is 6.61 Å². The summed E-state index contributed by atoms with van der Waals surface area (Å²) in [5.41, 5.74) is 5.68. The molecule has 1 aromatic rings. The number of ether oxygens (including phenoxy) is 1. The molecule has 66 valence electrons. The van der Waals surface area contributed by atoms with Gasteiger partial charge in [-0.1, -0.05) is 0 Å². The Balaban J connectivity index is 3.18. The Morgan fingerprint density at radius 2 is 2.42 bits per heavy atom. The van der Waals surface area contributed by atoms with Gasteiger partial charge in [-0.2, -0.15) is 0 Å². The monoisotopic (exact) mass is 281 g/mol. The first-order valence-corrected chi connectivity index (χ1v) is 4.26. The summed E-state index contributed by atoms with van der Waals surface area (Å²) < 4.78 is 5.36. The molecule has 0 spiro atoms. The number of aromatic nitrogens is 2. The molecule has 0 radical (unpaired) electrons. The van der Waals surface area contributed by atoms with Crippen LogP contribution in [0.5, 0.6) is 0 Å². The Labute approximate surface area is 82.5 Å². The van der Waals surface area contributed by atoms with E-state index in [9.17, 15) is 4.79 Å². The first-order chi connectivity index (χ1) is 5.65. The molecular formula is C6H8IN3O2. The highest BCUT2D eigenvalue weighted by atomic mass is 127. The zero-order valence-corrected chi connectivity index (χ0v) is 8.58. The van der Waals surface area contributed by atoms with Crippen LogP contribution in [0.2, 0.25) is 0 Å². The van der Waals surface area contributed by atoms with Gasteiger partial charge < -0.3 is 10.5 Å². The average molecular weight is 281 g/mol. The molecule has 1 rings (SSSR count). The van der Waals surface area contributed by atoms with Crippen molar-refractivity contribution in [3.8, 4) is 0 Å². The minimum atomic E-state index is -0.227. The van der Waals surface area contributed by atoms with Crippen molar-refractivity contribution in [1.82, 2.24) is 9.97 Å². The highest BCUT2D eigenvalue weighted by molar-refractivity contribution is 14.1. The predicted octanol–water partition coefficient (Wildman–Crippen LogP) is 0.103. The maximum absolute atomic E-state index is 11.1. The summed E-state index contributed by atoms with van der Waals surface area (Å²) in [6.45, 7) is 0.298. The Bertz CT molecular complexity index is 336. The number of halogens is 1. The number of methoxy groups -OCH3 is 1. The molecule has 12 heavy (non-hydrogen) atoms. The van der Waals surface area contributed by atoms with Crippen molar-refractivity contribution in [1.29, 1.82) is 0 Å².